The number of rotatable bonds is 12. The second-order valence-electron chi connectivity index (χ2n) is 9.39. The number of aliphatic carboxylic acids is 1. The van der Waals surface area contributed by atoms with Crippen molar-refractivity contribution >= 4 is 38.6 Å². The molecule has 0 aliphatic rings. The number of carbonyl (C=O) groups is 2. The fourth-order valence-electron chi connectivity index (χ4n) is 4.02. The zero-order valence-corrected chi connectivity index (χ0v) is 22.2. The number of carboxylic acid groups (broad SMARTS) is 1. The molecule has 0 saturated carbocycles. The van der Waals surface area contributed by atoms with Crippen molar-refractivity contribution in [2.24, 2.45) is 5.92 Å². The van der Waals surface area contributed by atoms with Gasteiger partial charge in [0.15, 0.2) is 0 Å². The molecule has 0 spiro atoms. The first-order valence-electron chi connectivity index (χ1n) is 12.3. The van der Waals surface area contributed by atoms with E-state index in [-0.39, 0.29) is 23.8 Å². The number of aryl methyl sites for hydroxylation is 1. The van der Waals surface area contributed by atoms with Gasteiger partial charge in [-0.2, -0.15) is 4.31 Å². The Balaban J connectivity index is 1.59. The Hall–Kier alpha value is -3.50. The van der Waals surface area contributed by atoms with Crippen LogP contribution >= 0.6 is 0 Å². The number of pyridine rings is 1. The summed E-state index contributed by atoms with van der Waals surface area (Å²) in [6, 6.07) is 14.2. The van der Waals surface area contributed by atoms with Gasteiger partial charge in [0.2, 0.25) is 10.0 Å². The monoisotopic (exact) mass is 526 g/mol. The van der Waals surface area contributed by atoms with Gasteiger partial charge in [-0.3, -0.25) is 10.1 Å². The van der Waals surface area contributed by atoms with Crippen molar-refractivity contribution in [2.75, 3.05) is 18.4 Å². The molecule has 3 N–H and O–H groups in total. The minimum absolute atomic E-state index is 0.0601. The van der Waals surface area contributed by atoms with Gasteiger partial charge in [0.1, 0.15) is 11.9 Å². The van der Waals surface area contributed by atoms with Gasteiger partial charge < -0.3 is 10.4 Å². The van der Waals surface area contributed by atoms with Crippen LogP contribution in [0.25, 0.3) is 10.8 Å². The predicted molar refractivity (Wildman–Crippen MR) is 144 cm³/mol. The van der Waals surface area contributed by atoms with Crippen LogP contribution in [0.3, 0.4) is 0 Å². The summed E-state index contributed by atoms with van der Waals surface area (Å²) < 4.78 is 27.8. The normalized spacial score (nSPS) is 12.6. The van der Waals surface area contributed by atoms with Crippen molar-refractivity contribution in [3.05, 3.63) is 66.4 Å². The topological polar surface area (TPSA) is 129 Å². The van der Waals surface area contributed by atoms with Crippen LogP contribution in [0.5, 0.6) is 0 Å². The van der Waals surface area contributed by atoms with Gasteiger partial charge in [-0.1, -0.05) is 55.8 Å². The van der Waals surface area contributed by atoms with Gasteiger partial charge in [-0.25, -0.2) is 18.2 Å². The number of fused-ring (bicyclic) bond motifs is 1. The summed E-state index contributed by atoms with van der Waals surface area (Å²) in [5.41, 5.74) is 0.914. The molecule has 0 unspecified atom stereocenters. The Morgan fingerprint density at radius 1 is 1.03 bits per heavy atom. The zero-order valence-electron chi connectivity index (χ0n) is 21.3. The third kappa shape index (κ3) is 7.50. The number of hydrogen-bond acceptors (Lipinski definition) is 5. The highest BCUT2D eigenvalue weighted by Crippen LogP contribution is 2.23. The van der Waals surface area contributed by atoms with Gasteiger partial charge in [0.25, 0.3) is 0 Å². The van der Waals surface area contributed by atoms with E-state index in [0.717, 1.165) is 20.6 Å². The number of benzene rings is 2. The number of sulfonamides is 1. The first-order valence-corrected chi connectivity index (χ1v) is 13.7. The van der Waals surface area contributed by atoms with E-state index < -0.39 is 28.1 Å². The predicted octanol–water partition coefficient (Wildman–Crippen LogP) is 4.64. The van der Waals surface area contributed by atoms with Gasteiger partial charge in [-0.05, 0) is 55.7 Å². The lowest BCUT2D eigenvalue weighted by molar-refractivity contribution is -0.141. The van der Waals surface area contributed by atoms with Crippen LogP contribution < -0.4 is 10.6 Å². The first-order chi connectivity index (χ1) is 17.6. The summed E-state index contributed by atoms with van der Waals surface area (Å²) in [5.74, 6) is -0.800. The number of aromatic nitrogens is 1. The number of nitrogens with one attached hydrogen (secondary N) is 2. The van der Waals surface area contributed by atoms with E-state index in [9.17, 15) is 23.1 Å². The quantitative estimate of drug-likeness (QED) is 0.295. The van der Waals surface area contributed by atoms with Crippen molar-refractivity contribution in [1.29, 1.82) is 0 Å². The van der Waals surface area contributed by atoms with Crippen LogP contribution in [0.4, 0.5) is 10.6 Å². The molecule has 1 aromatic heterocycles. The Labute approximate surface area is 218 Å². The van der Waals surface area contributed by atoms with Crippen molar-refractivity contribution in [1.82, 2.24) is 14.6 Å². The molecule has 0 saturated heterocycles. The maximum Gasteiger partial charge on any atom is 0.322 e. The Kier molecular flexibility index (Phi) is 9.60. The van der Waals surface area contributed by atoms with E-state index >= 15 is 0 Å². The Morgan fingerprint density at radius 3 is 2.41 bits per heavy atom. The summed E-state index contributed by atoms with van der Waals surface area (Å²) >= 11 is 0. The smallest absolute Gasteiger partial charge is 0.322 e. The number of nitrogens with zero attached hydrogens (tertiary/aromatic N) is 2. The zero-order chi connectivity index (χ0) is 27.0. The molecule has 37 heavy (non-hydrogen) atoms. The highest BCUT2D eigenvalue weighted by molar-refractivity contribution is 7.89. The maximum atomic E-state index is 13.4. The van der Waals surface area contributed by atoms with Gasteiger partial charge in [-0.15, -0.1) is 0 Å². The Bertz CT molecular complexity index is 1320. The van der Waals surface area contributed by atoms with E-state index in [1.54, 1.807) is 18.3 Å². The molecule has 0 aliphatic carbocycles. The summed E-state index contributed by atoms with van der Waals surface area (Å²) in [6.45, 7) is 5.95. The van der Waals surface area contributed by atoms with Crippen LogP contribution in [0.2, 0.25) is 0 Å². The fourth-order valence-corrected chi connectivity index (χ4v) is 5.80. The van der Waals surface area contributed by atoms with Gasteiger partial charge in [0.05, 0.1) is 4.90 Å². The molecule has 1 atom stereocenters. The SMILES string of the molecule is Cc1ccc(S(=O)(=O)N(CC(C)C)[C@@H](CCCCNC(=O)Nc2nccc3ccccc23)C(=O)O)cc1. The number of carboxylic acids is 1. The van der Waals surface area contributed by atoms with Crippen molar-refractivity contribution in [3.8, 4) is 0 Å². The van der Waals surface area contributed by atoms with E-state index in [4.69, 9.17) is 0 Å². The number of unbranched alkanes of at least 4 members (excludes halogenated alkanes) is 1. The number of amides is 2. The average molecular weight is 527 g/mol. The molecule has 2 amide bonds. The Morgan fingerprint density at radius 2 is 1.73 bits per heavy atom. The van der Waals surface area contributed by atoms with Crippen molar-refractivity contribution in [3.63, 3.8) is 0 Å². The molecule has 0 fully saturated rings. The molecule has 2 aromatic carbocycles. The third-order valence-corrected chi connectivity index (χ3v) is 7.79. The third-order valence-electron chi connectivity index (χ3n) is 5.90. The number of hydrogen-bond donors (Lipinski definition) is 3. The molecular formula is C27H34N4O5S. The molecular weight excluding hydrogens is 492 g/mol. The van der Waals surface area contributed by atoms with Gasteiger partial charge in [0, 0.05) is 24.7 Å². The number of carbonyl (C=O) groups excluding carboxylic acids is 1. The average Bonchev–Trinajstić information content (AvgIpc) is 2.85. The van der Waals surface area contributed by atoms with E-state index in [0.29, 0.717) is 25.2 Å². The second kappa shape index (κ2) is 12.6. The molecule has 0 aliphatic heterocycles. The standard InChI is InChI=1S/C27H34N4O5S/c1-19(2)18-31(37(35,36)22-13-11-20(3)12-14-22)24(26(32)33)10-6-7-16-29-27(34)30-25-23-9-5-4-8-21(23)15-17-28-25/h4-5,8-9,11-15,17,19,24H,6-7,10,16,18H2,1-3H3,(H,32,33)(H2,28,29,30,34)/t24-/m0/s1. The molecule has 198 valence electrons. The van der Waals surface area contributed by atoms with Crippen LogP contribution in [0, 0.1) is 12.8 Å². The van der Waals surface area contributed by atoms with E-state index in [1.807, 2.05) is 51.1 Å². The van der Waals surface area contributed by atoms with Crippen LogP contribution in [-0.4, -0.2) is 53.9 Å². The highest BCUT2D eigenvalue weighted by atomic mass is 32.2. The summed E-state index contributed by atoms with van der Waals surface area (Å²) in [6.07, 6.45) is 2.65. The summed E-state index contributed by atoms with van der Waals surface area (Å²) in [7, 11) is -4.00. The lowest BCUT2D eigenvalue weighted by atomic mass is 10.1. The minimum atomic E-state index is -4.00. The fraction of sp³-hybridized carbons (Fsp3) is 0.370. The summed E-state index contributed by atoms with van der Waals surface area (Å²) in [4.78, 5) is 28.8. The molecule has 0 radical (unpaired) electrons. The molecule has 9 nitrogen and oxygen atoms in total. The molecule has 3 rings (SSSR count). The largest absolute Gasteiger partial charge is 0.480 e. The van der Waals surface area contributed by atoms with Gasteiger partial charge >= 0.3 is 12.0 Å². The number of anilines is 1. The van der Waals surface area contributed by atoms with Crippen molar-refractivity contribution in [2.45, 2.75) is 51.0 Å². The highest BCUT2D eigenvalue weighted by Gasteiger charge is 2.35. The maximum absolute atomic E-state index is 13.4. The molecule has 1 heterocycles. The van der Waals surface area contributed by atoms with Crippen LogP contribution in [-0.2, 0) is 14.8 Å². The first kappa shape index (κ1) is 28.1. The van der Waals surface area contributed by atoms with E-state index in [1.165, 1.54) is 12.1 Å². The van der Waals surface area contributed by atoms with Crippen LogP contribution in [0.15, 0.2) is 65.7 Å². The van der Waals surface area contributed by atoms with E-state index in [2.05, 4.69) is 15.6 Å². The molecule has 3 aromatic rings. The second-order valence-corrected chi connectivity index (χ2v) is 11.3. The van der Waals surface area contributed by atoms with Crippen LogP contribution in [0.1, 0.15) is 38.7 Å². The molecule has 0 bridgehead atoms. The van der Waals surface area contributed by atoms with Crippen molar-refractivity contribution < 1.29 is 23.1 Å². The lowest BCUT2D eigenvalue weighted by Gasteiger charge is -2.29. The minimum Gasteiger partial charge on any atom is -0.480 e. The number of urea groups is 1. The lowest BCUT2D eigenvalue weighted by Crippen LogP contribution is -2.46. The summed E-state index contributed by atoms with van der Waals surface area (Å²) in [5, 5.41) is 17.2. The molecule has 10 heteroatoms.